The Kier molecular flexibility index (Phi) is 5.91. The maximum Gasteiger partial charge on any atom is 0.338 e. The molecule has 2 aliphatic carbocycles. The van der Waals surface area contributed by atoms with E-state index >= 15 is 0 Å². The number of ether oxygens (including phenoxy) is 1. The molecule has 4 amide bonds. The molecule has 1 heterocycles. The van der Waals surface area contributed by atoms with Crippen LogP contribution in [-0.2, 0) is 23.9 Å². The van der Waals surface area contributed by atoms with Crippen molar-refractivity contribution in [1.29, 1.82) is 0 Å². The summed E-state index contributed by atoms with van der Waals surface area (Å²) in [5.74, 6) is -2.41. The van der Waals surface area contributed by atoms with Gasteiger partial charge in [-0.25, -0.2) is 9.69 Å². The van der Waals surface area contributed by atoms with E-state index in [4.69, 9.17) is 4.74 Å². The normalized spacial score (nSPS) is 23.8. The van der Waals surface area contributed by atoms with Crippen molar-refractivity contribution in [1.82, 2.24) is 0 Å². The number of amides is 4. The van der Waals surface area contributed by atoms with E-state index in [0.717, 1.165) is 6.42 Å². The van der Waals surface area contributed by atoms with E-state index in [1.807, 2.05) is 6.92 Å². The first-order valence-electron chi connectivity index (χ1n) is 11.7. The van der Waals surface area contributed by atoms with Crippen LogP contribution in [0.1, 0.15) is 30.6 Å². The number of nitrogens with zero attached hydrogens (tertiary/aromatic N) is 1. The molecule has 0 unspecified atom stereocenters. The summed E-state index contributed by atoms with van der Waals surface area (Å²) in [6.45, 7) is 2.89. The zero-order valence-electron chi connectivity index (χ0n) is 19.8. The highest BCUT2D eigenvalue weighted by atomic mass is 16.5. The van der Waals surface area contributed by atoms with Crippen LogP contribution < -0.4 is 15.5 Å². The van der Waals surface area contributed by atoms with Gasteiger partial charge in [-0.2, -0.15) is 0 Å². The van der Waals surface area contributed by atoms with Crippen molar-refractivity contribution in [3.63, 3.8) is 0 Å². The summed E-state index contributed by atoms with van der Waals surface area (Å²) in [4.78, 5) is 63.4. The maximum absolute atomic E-state index is 13.2. The van der Waals surface area contributed by atoms with Crippen LogP contribution in [0.25, 0.3) is 0 Å². The maximum atomic E-state index is 13.2. The third-order valence-electron chi connectivity index (χ3n) is 7.04. The van der Waals surface area contributed by atoms with Crippen molar-refractivity contribution < 1.29 is 28.7 Å². The smallest absolute Gasteiger partial charge is 0.338 e. The number of fused-ring (bicyclic) bond motifs is 5. The second kappa shape index (κ2) is 9.07. The van der Waals surface area contributed by atoms with Crippen molar-refractivity contribution in [2.24, 2.45) is 23.7 Å². The average Bonchev–Trinajstić information content (AvgIpc) is 3.48. The van der Waals surface area contributed by atoms with Crippen molar-refractivity contribution in [2.45, 2.75) is 20.3 Å². The van der Waals surface area contributed by atoms with Crippen molar-refractivity contribution in [3.8, 4) is 0 Å². The second-order valence-corrected chi connectivity index (χ2v) is 9.41. The Bertz CT molecular complexity index is 1320. The lowest BCUT2D eigenvalue weighted by Crippen LogP contribution is -2.33. The van der Waals surface area contributed by atoms with Crippen molar-refractivity contribution in [3.05, 3.63) is 65.7 Å². The minimum absolute atomic E-state index is 0.0923. The fourth-order valence-corrected chi connectivity index (χ4v) is 5.55. The number of hydrogen-bond donors (Lipinski definition) is 2. The summed E-state index contributed by atoms with van der Waals surface area (Å²) >= 11 is 0. The van der Waals surface area contributed by atoms with Gasteiger partial charge in [0.15, 0.2) is 6.61 Å². The van der Waals surface area contributed by atoms with E-state index in [9.17, 15) is 24.0 Å². The largest absolute Gasteiger partial charge is 0.452 e. The summed E-state index contributed by atoms with van der Waals surface area (Å²) in [6.07, 6.45) is 2.96. The predicted molar refractivity (Wildman–Crippen MR) is 131 cm³/mol. The minimum Gasteiger partial charge on any atom is -0.452 e. The summed E-state index contributed by atoms with van der Waals surface area (Å²) in [5.41, 5.74) is 2.69. The van der Waals surface area contributed by atoms with E-state index in [2.05, 4.69) is 16.7 Å². The molecule has 184 valence electrons. The Morgan fingerprint density at radius 3 is 2.33 bits per heavy atom. The SMILES string of the molecule is CC(=O)Nc1ccc(NC(=O)COC(=O)c2cccc(N3C(=O)[C@@H]4[C@H](C3=O)[C@H]3C=C(C)[C@H]4C3)c2)cc1. The van der Waals surface area contributed by atoms with Gasteiger partial charge >= 0.3 is 5.97 Å². The number of anilines is 3. The molecule has 36 heavy (non-hydrogen) atoms. The summed E-state index contributed by atoms with van der Waals surface area (Å²) in [5, 5.41) is 5.23. The van der Waals surface area contributed by atoms with Gasteiger partial charge in [0.2, 0.25) is 17.7 Å². The van der Waals surface area contributed by atoms with E-state index in [1.165, 1.54) is 29.5 Å². The number of allylic oxidation sites excluding steroid dienone is 2. The molecule has 0 radical (unpaired) electrons. The van der Waals surface area contributed by atoms with Crippen LogP contribution in [0.4, 0.5) is 17.1 Å². The number of imide groups is 1. The summed E-state index contributed by atoms with van der Waals surface area (Å²) in [6, 6.07) is 12.6. The Labute approximate surface area is 207 Å². The van der Waals surface area contributed by atoms with Gasteiger partial charge in [-0.15, -0.1) is 0 Å². The van der Waals surface area contributed by atoms with Crippen LogP contribution in [0.2, 0.25) is 0 Å². The highest BCUT2D eigenvalue weighted by molar-refractivity contribution is 6.23. The van der Waals surface area contributed by atoms with Crippen molar-refractivity contribution in [2.75, 3.05) is 22.1 Å². The highest BCUT2D eigenvalue weighted by Crippen LogP contribution is 2.55. The third-order valence-corrected chi connectivity index (χ3v) is 7.04. The quantitative estimate of drug-likeness (QED) is 0.367. The lowest BCUT2D eigenvalue weighted by atomic mass is 9.82. The van der Waals surface area contributed by atoms with E-state index in [0.29, 0.717) is 17.1 Å². The molecule has 2 bridgehead atoms. The van der Waals surface area contributed by atoms with Gasteiger partial charge < -0.3 is 15.4 Å². The molecule has 5 rings (SSSR count). The second-order valence-electron chi connectivity index (χ2n) is 9.41. The number of rotatable bonds is 6. The lowest BCUT2D eigenvalue weighted by molar-refractivity contribution is -0.123. The van der Waals surface area contributed by atoms with Crippen LogP contribution >= 0.6 is 0 Å². The molecule has 1 aliphatic heterocycles. The standard InChI is InChI=1S/C27H25N3O6/c1-14-10-17-12-21(14)24-23(17)25(33)30(26(24)34)20-5-3-4-16(11-20)27(35)36-13-22(32)29-19-8-6-18(7-9-19)28-15(2)31/h3-11,17,21,23-24H,12-13H2,1-2H3,(H,28,31)(H,29,32)/t17-,21+,23+,24-/m0/s1. The molecule has 9 heteroatoms. The first-order valence-corrected chi connectivity index (χ1v) is 11.7. The molecule has 2 aromatic carbocycles. The monoisotopic (exact) mass is 487 g/mol. The van der Waals surface area contributed by atoms with Crippen LogP contribution in [0, 0.1) is 23.7 Å². The fraction of sp³-hybridized carbons (Fsp3) is 0.296. The number of esters is 1. The molecule has 0 aromatic heterocycles. The van der Waals surface area contributed by atoms with E-state index < -0.39 is 18.5 Å². The molecule has 2 N–H and O–H groups in total. The average molecular weight is 488 g/mol. The Hall–Kier alpha value is -4.27. The zero-order valence-corrected chi connectivity index (χ0v) is 19.8. The molecular formula is C27H25N3O6. The first-order chi connectivity index (χ1) is 17.2. The van der Waals surface area contributed by atoms with Gasteiger partial charge in [0, 0.05) is 18.3 Å². The van der Waals surface area contributed by atoms with Crippen LogP contribution in [-0.4, -0.2) is 36.2 Å². The van der Waals surface area contributed by atoms with Gasteiger partial charge in [0.05, 0.1) is 23.1 Å². The van der Waals surface area contributed by atoms with Crippen LogP contribution in [0.15, 0.2) is 60.2 Å². The first kappa shape index (κ1) is 23.5. The molecule has 2 aromatic rings. The number of nitrogens with one attached hydrogen (secondary N) is 2. The van der Waals surface area contributed by atoms with E-state index in [1.54, 1.807) is 36.4 Å². The lowest BCUT2D eigenvalue weighted by Gasteiger charge is -2.19. The molecule has 9 nitrogen and oxygen atoms in total. The number of carbonyl (C=O) groups excluding carboxylic acids is 5. The predicted octanol–water partition coefficient (Wildman–Crippen LogP) is 3.14. The van der Waals surface area contributed by atoms with Gasteiger partial charge in [-0.05, 0) is 67.6 Å². The number of carbonyl (C=O) groups is 5. The summed E-state index contributed by atoms with van der Waals surface area (Å²) in [7, 11) is 0. The zero-order chi connectivity index (χ0) is 25.6. The highest BCUT2D eigenvalue weighted by Gasteiger charge is 2.60. The minimum atomic E-state index is -0.745. The van der Waals surface area contributed by atoms with Gasteiger partial charge in [-0.1, -0.05) is 17.7 Å². The molecule has 2 fully saturated rings. The topological polar surface area (TPSA) is 122 Å². The fourth-order valence-electron chi connectivity index (χ4n) is 5.55. The van der Waals surface area contributed by atoms with Crippen LogP contribution in [0.3, 0.4) is 0 Å². The molecule has 0 spiro atoms. The van der Waals surface area contributed by atoms with Crippen molar-refractivity contribution >= 4 is 46.7 Å². The Morgan fingerprint density at radius 2 is 1.64 bits per heavy atom. The van der Waals surface area contributed by atoms with Crippen LogP contribution in [0.5, 0.6) is 0 Å². The van der Waals surface area contributed by atoms with E-state index in [-0.39, 0.29) is 47.0 Å². The molecule has 1 saturated heterocycles. The molecule has 1 saturated carbocycles. The molecule has 4 atom stereocenters. The number of hydrogen-bond acceptors (Lipinski definition) is 6. The Balaban J connectivity index is 1.20. The van der Waals surface area contributed by atoms with Gasteiger partial charge in [-0.3, -0.25) is 19.2 Å². The number of benzene rings is 2. The van der Waals surface area contributed by atoms with Gasteiger partial charge in [0.25, 0.3) is 5.91 Å². The van der Waals surface area contributed by atoms with Gasteiger partial charge in [0.1, 0.15) is 0 Å². The third kappa shape index (κ3) is 4.17. The molecule has 3 aliphatic rings. The molecular weight excluding hydrogens is 462 g/mol. The Morgan fingerprint density at radius 1 is 0.972 bits per heavy atom. The summed E-state index contributed by atoms with van der Waals surface area (Å²) < 4.78 is 5.14.